The van der Waals surface area contributed by atoms with Crippen LogP contribution in [0, 0.1) is 6.92 Å². The number of nitrogen functional groups attached to an aromatic ring is 1. The molecule has 0 aliphatic heterocycles. The van der Waals surface area contributed by atoms with E-state index >= 15 is 0 Å². The SMILES string of the molecule is CCC(CN=c1c2cc3c(cc2c2sc(-c4cc5cc(C)ccc5s4)cc12)/c(=N/Nc1ccccc1)c1cc(-c2cc4cc(N)ccc4s2)sc13)c1ccccc1. The Kier molecular flexibility index (Phi) is 8.36. The molecular formula is C49H36N4S4. The molecular weight excluding hydrogens is 773 g/mol. The van der Waals surface area contributed by atoms with Gasteiger partial charge in [0.1, 0.15) is 0 Å². The molecule has 0 saturated carbocycles. The van der Waals surface area contributed by atoms with E-state index in [0.717, 1.165) is 45.8 Å². The van der Waals surface area contributed by atoms with Crippen LogP contribution in [-0.4, -0.2) is 6.54 Å². The normalized spacial score (nSPS) is 13.4. The van der Waals surface area contributed by atoms with Crippen LogP contribution in [0.25, 0.3) is 81.4 Å². The van der Waals surface area contributed by atoms with Gasteiger partial charge in [-0.05, 0) is 102 Å². The standard InChI is InChI=1S/C49H36N4S4/c1-3-28(29-10-6-4-7-11-29)26-51-46-34-22-37-35(23-36(34)48-38(46)24-44(56-48)42-20-30-18-27(2)14-16-40(30)54-42)47(53-52-33-12-8-5-9-13-33)39-25-45(57-49(37)39)43-21-31-19-32(50)15-17-41(31)55-43/h4-25,28,52H,3,26,50H2,1-2H3/b51-46?,53-47-. The van der Waals surface area contributed by atoms with Crippen molar-refractivity contribution in [3.63, 3.8) is 0 Å². The van der Waals surface area contributed by atoms with E-state index in [0.29, 0.717) is 5.92 Å². The Labute approximate surface area is 345 Å². The number of aryl methyl sites for hydroxylation is 1. The number of para-hydroxylation sites is 1. The highest BCUT2D eigenvalue weighted by atomic mass is 32.1. The molecule has 0 bridgehead atoms. The monoisotopic (exact) mass is 808 g/mol. The van der Waals surface area contributed by atoms with Gasteiger partial charge in [0.25, 0.3) is 0 Å². The smallest absolute Gasteiger partial charge is 0.0999 e. The highest BCUT2D eigenvalue weighted by Crippen LogP contribution is 2.45. The topological polar surface area (TPSA) is 62.8 Å². The van der Waals surface area contributed by atoms with Crippen molar-refractivity contribution in [2.24, 2.45) is 10.1 Å². The number of hydrogen-bond donors (Lipinski definition) is 2. The van der Waals surface area contributed by atoms with Gasteiger partial charge in [-0.25, -0.2) is 0 Å². The maximum atomic E-state index is 6.17. The summed E-state index contributed by atoms with van der Waals surface area (Å²) in [6.07, 6.45) is 1.03. The lowest BCUT2D eigenvalue weighted by atomic mass is 9.97. The summed E-state index contributed by atoms with van der Waals surface area (Å²) in [6, 6.07) is 48.2. The maximum absolute atomic E-state index is 6.17. The van der Waals surface area contributed by atoms with Crippen LogP contribution < -0.4 is 21.9 Å². The van der Waals surface area contributed by atoms with E-state index in [2.05, 4.69) is 128 Å². The van der Waals surface area contributed by atoms with Crippen molar-refractivity contribution in [3.8, 4) is 19.5 Å². The summed E-state index contributed by atoms with van der Waals surface area (Å²) in [5.41, 5.74) is 13.9. The molecule has 4 nitrogen and oxygen atoms in total. The molecule has 0 spiro atoms. The summed E-state index contributed by atoms with van der Waals surface area (Å²) >= 11 is 7.43. The summed E-state index contributed by atoms with van der Waals surface area (Å²) in [5.74, 6) is 0.343. The van der Waals surface area contributed by atoms with Crippen molar-refractivity contribution in [2.45, 2.75) is 26.2 Å². The van der Waals surface area contributed by atoms with Gasteiger partial charge < -0.3 is 5.73 Å². The van der Waals surface area contributed by atoms with E-state index in [4.69, 9.17) is 15.8 Å². The van der Waals surface area contributed by atoms with Crippen LogP contribution in [0.15, 0.2) is 144 Å². The molecule has 57 heavy (non-hydrogen) atoms. The number of anilines is 2. The molecule has 276 valence electrons. The average Bonchev–Trinajstić information content (AvgIpc) is 4.08. The summed E-state index contributed by atoms with van der Waals surface area (Å²) < 4.78 is 5.10. The van der Waals surface area contributed by atoms with Gasteiger partial charge in [0.2, 0.25) is 0 Å². The molecule has 4 aromatic heterocycles. The fourth-order valence-electron chi connectivity index (χ4n) is 8.22. The molecule has 11 aromatic rings. The first kappa shape index (κ1) is 34.6. The molecule has 1 atom stereocenters. The molecule has 0 fully saturated rings. The first-order valence-corrected chi connectivity index (χ1v) is 22.5. The maximum Gasteiger partial charge on any atom is 0.0999 e. The molecule has 4 heterocycles. The van der Waals surface area contributed by atoms with Crippen molar-refractivity contribution >= 4 is 119 Å². The minimum Gasteiger partial charge on any atom is -0.399 e. The summed E-state index contributed by atoms with van der Waals surface area (Å²) in [7, 11) is 0. The van der Waals surface area contributed by atoms with Crippen LogP contribution in [-0.2, 0) is 0 Å². The second kappa shape index (κ2) is 13.8. The number of fused-ring (bicyclic) bond motifs is 8. The second-order valence-electron chi connectivity index (χ2n) is 14.9. The fraction of sp³-hybridized carbons (Fsp3) is 0.102. The fourth-order valence-corrected chi connectivity index (χ4v) is 12.8. The zero-order valence-electron chi connectivity index (χ0n) is 31.3. The highest BCUT2D eigenvalue weighted by Gasteiger charge is 2.21. The van der Waals surface area contributed by atoms with Gasteiger partial charge in [0.15, 0.2) is 0 Å². The van der Waals surface area contributed by atoms with Crippen LogP contribution in [0.5, 0.6) is 0 Å². The molecule has 0 radical (unpaired) electrons. The molecule has 0 aliphatic carbocycles. The molecule has 1 unspecified atom stereocenters. The van der Waals surface area contributed by atoms with Gasteiger partial charge in [-0.1, -0.05) is 73.2 Å². The van der Waals surface area contributed by atoms with Crippen molar-refractivity contribution in [1.82, 2.24) is 0 Å². The van der Waals surface area contributed by atoms with Crippen molar-refractivity contribution in [2.75, 3.05) is 17.7 Å². The number of nitrogens with two attached hydrogens (primary N) is 1. The molecule has 0 amide bonds. The highest BCUT2D eigenvalue weighted by molar-refractivity contribution is 7.29. The lowest BCUT2D eigenvalue weighted by Gasteiger charge is -2.12. The predicted molar refractivity (Wildman–Crippen MR) is 251 cm³/mol. The third kappa shape index (κ3) is 5.98. The number of nitrogens with zero attached hydrogens (tertiary/aromatic N) is 2. The second-order valence-corrected chi connectivity index (χ2v) is 19.1. The molecule has 3 N–H and O–H groups in total. The Morgan fingerprint density at radius 1 is 0.561 bits per heavy atom. The number of rotatable bonds is 8. The van der Waals surface area contributed by atoms with Crippen LogP contribution in [0.3, 0.4) is 0 Å². The first-order chi connectivity index (χ1) is 28.0. The van der Waals surface area contributed by atoms with Crippen LogP contribution in [0.2, 0.25) is 0 Å². The first-order valence-electron chi connectivity index (χ1n) is 19.2. The van der Waals surface area contributed by atoms with Gasteiger partial charge in [-0.15, -0.1) is 45.3 Å². The molecule has 0 saturated heterocycles. The van der Waals surface area contributed by atoms with E-state index in [9.17, 15) is 0 Å². The zero-order valence-corrected chi connectivity index (χ0v) is 34.6. The van der Waals surface area contributed by atoms with Gasteiger partial charge in [-0.2, -0.15) is 5.10 Å². The van der Waals surface area contributed by atoms with Gasteiger partial charge in [0, 0.05) is 88.8 Å². The summed E-state index contributed by atoms with van der Waals surface area (Å²) in [6.45, 7) is 5.18. The third-order valence-electron chi connectivity index (χ3n) is 11.1. The van der Waals surface area contributed by atoms with E-state index < -0.39 is 0 Å². The quantitative estimate of drug-likeness (QED) is 0.119. The van der Waals surface area contributed by atoms with E-state index in [1.54, 1.807) is 0 Å². The van der Waals surface area contributed by atoms with Crippen molar-refractivity contribution in [1.29, 1.82) is 0 Å². The molecule has 8 heteroatoms. The number of nitrogens with one attached hydrogen (secondary N) is 1. The number of thiophene rings is 4. The van der Waals surface area contributed by atoms with Crippen LogP contribution >= 0.6 is 45.3 Å². The van der Waals surface area contributed by atoms with E-state index in [-0.39, 0.29) is 0 Å². The Bertz CT molecular complexity index is 3430. The van der Waals surface area contributed by atoms with Gasteiger partial charge in [-0.3, -0.25) is 10.4 Å². The average molecular weight is 809 g/mol. The van der Waals surface area contributed by atoms with Crippen molar-refractivity contribution < 1.29 is 0 Å². The Balaban J connectivity index is 1.15. The molecule has 11 rings (SSSR count). The largest absolute Gasteiger partial charge is 0.399 e. The third-order valence-corrected chi connectivity index (χ3v) is 16.1. The van der Waals surface area contributed by atoms with Gasteiger partial charge >= 0.3 is 0 Å². The van der Waals surface area contributed by atoms with Crippen LogP contribution in [0.4, 0.5) is 11.4 Å². The summed E-state index contributed by atoms with van der Waals surface area (Å²) in [5, 5.41) is 17.0. The van der Waals surface area contributed by atoms with Crippen LogP contribution in [0.1, 0.15) is 30.4 Å². The summed E-state index contributed by atoms with van der Waals surface area (Å²) in [4.78, 5) is 10.6. The molecule has 7 aromatic carbocycles. The van der Waals surface area contributed by atoms with E-state index in [1.165, 1.54) is 81.8 Å². The number of benzene rings is 5. The van der Waals surface area contributed by atoms with Gasteiger partial charge in [0.05, 0.1) is 16.4 Å². The Hall–Kier alpha value is -5.64. The Morgan fingerprint density at radius 3 is 1.81 bits per heavy atom. The minimum absolute atomic E-state index is 0.343. The Morgan fingerprint density at radius 2 is 1.14 bits per heavy atom. The predicted octanol–water partition coefficient (Wildman–Crippen LogP) is 14.0. The number of hydrogen-bond acceptors (Lipinski definition) is 8. The zero-order chi connectivity index (χ0) is 38.2. The minimum atomic E-state index is 0.343. The lowest BCUT2D eigenvalue weighted by Crippen LogP contribution is -2.07. The van der Waals surface area contributed by atoms with E-state index in [1.807, 2.05) is 69.6 Å². The molecule has 0 aliphatic rings. The van der Waals surface area contributed by atoms with Crippen molar-refractivity contribution in [3.05, 3.63) is 155 Å². The lowest BCUT2D eigenvalue weighted by molar-refractivity contribution is 0.669.